The topological polar surface area (TPSA) is 9.23 Å². The molecule has 3 rings (SSSR count). The van der Waals surface area contributed by atoms with Gasteiger partial charge in [-0.05, 0) is 23.8 Å². The quantitative estimate of drug-likeness (QED) is 0.757. The summed E-state index contributed by atoms with van der Waals surface area (Å²) < 4.78 is 5.88. The summed E-state index contributed by atoms with van der Waals surface area (Å²) in [5.41, 5.74) is 2.33. The first kappa shape index (κ1) is 10.8. The Labute approximate surface area is 107 Å². The van der Waals surface area contributed by atoms with Crippen molar-refractivity contribution in [2.24, 2.45) is 0 Å². The van der Waals surface area contributed by atoms with Crippen LogP contribution in [0.4, 0.5) is 0 Å². The maximum absolute atomic E-state index is 5.88. The number of rotatable bonds is 2. The van der Waals surface area contributed by atoms with E-state index >= 15 is 0 Å². The highest BCUT2D eigenvalue weighted by atomic mass is 16.5. The number of ether oxygens (including phenoxy) is 1. The molecule has 1 aliphatic heterocycles. The van der Waals surface area contributed by atoms with Gasteiger partial charge in [-0.3, -0.25) is 0 Å². The van der Waals surface area contributed by atoms with Gasteiger partial charge in [0, 0.05) is 5.56 Å². The van der Waals surface area contributed by atoms with Crippen molar-refractivity contribution in [1.29, 1.82) is 0 Å². The first-order chi connectivity index (χ1) is 8.92. The van der Waals surface area contributed by atoms with Gasteiger partial charge < -0.3 is 4.74 Å². The Hall–Kier alpha value is -2.28. The highest BCUT2D eigenvalue weighted by Crippen LogP contribution is 2.25. The van der Waals surface area contributed by atoms with E-state index in [1.165, 1.54) is 5.56 Å². The van der Waals surface area contributed by atoms with Gasteiger partial charge in [0.05, 0.1) is 0 Å². The molecule has 1 heteroatoms. The fourth-order valence-corrected chi connectivity index (χ4v) is 1.98. The third kappa shape index (κ3) is 2.35. The molecule has 0 saturated heterocycles. The van der Waals surface area contributed by atoms with Crippen molar-refractivity contribution in [3.63, 3.8) is 0 Å². The molecule has 1 unspecified atom stereocenters. The molecular weight excluding hydrogens is 220 g/mol. The van der Waals surface area contributed by atoms with Crippen LogP contribution in [0.15, 0.2) is 66.7 Å². The summed E-state index contributed by atoms with van der Waals surface area (Å²) in [4.78, 5) is 0. The first-order valence-electron chi connectivity index (χ1n) is 6.09. The van der Waals surface area contributed by atoms with Crippen LogP contribution in [0.5, 0.6) is 5.75 Å². The first-order valence-corrected chi connectivity index (χ1v) is 6.09. The number of benzene rings is 2. The molecule has 2 aromatic rings. The van der Waals surface area contributed by atoms with Crippen LogP contribution < -0.4 is 4.74 Å². The van der Waals surface area contributed by atoms with Crippen LogP contribution in [0, 0.1) is 0 Å². The highest BCUT2D eigenvalue weighted by Gasteiger charge is 2.10. The van der Waals surface area contributed by atoms with Crippen molar-refractivity contribution in [2.75, 3.05) is 0 Å². The Morgan fingerprint density at radius 2 is 1.67 bits per heavy atom. The Bertz CT molecular complexity index is 582. The van der Waals surface area contributed by atoms with Crippen LogP contribution >= 0.6 is 0 Å². The van der Waals surface area contributed by atoms with E-state index in [1.807, 2.05) is 36.4 Å². The fraction of sp³-hybridized carbons (Fsp3) is 0.0588. The van der Waals surface area contributed by atoms with E-state index in [9.17, 15) is 0 Å². The second-order valence-electron chi connectivity index (χ2n) is 4.25. The van der Waals surface area contributed by atoms with Gasteiger partial charge in [-0.2, -0.15) is 0 Å². The van der Waals surface area contributed by atoms with E-state index in [1.54, 1.807) is 0 Å². The Balaban J connectivity index is 1.76. The molecule has 0 bridgehead atoms. The van der Waals surface area contributed by atoms with E-state index in [0.717, 1.165) is 11.3 Å². The molecule has 1 nitrogen and oxygen atoms in total. The molecular formula is C17H14O. The number of hydrogen-bond acceptors (Lipinski definition) is 1. The molecule has 2 aromatic carbocycles. The number of hydrogen-bond donors (Lipinski definition) is 0. The highest BCUT2D eigenvalue weighted by molar-refractivity contribution is 5.61. The van der Waals surface area contributed by atoms with E-state index in [2.05, 4.69) is 42.5 Å². The van der Waals surface area contributed by atoms with Crippen molar-refractivity contribution < 1.29 is 4.74 Å². The lowest BCUT2D eigenvalue weighted by atomic mass is 10.1. The zero-order valence-corrected chi connectivity index (χ0v) is 9.99. The number of fused-ring (bicyclic) bond motifs is 1. The summed E-state index contributed by atoms with van der Waals surface area (Å²) in [7, 11) is 0. The summed E-state index contributed by atoms with van der Waals surface area (Å²) in [6, 6.07) is 18.3. The van der Waals surface area contributed by atoms with Crippen molar-refractivity contribution >= 4 is 12.2 Å². The lowest BCUT2D eigenvalue weighted by Gasteiger charge is -2.18. The molecule has 0 spiro atoms. The maximum atomic E-state index is 5.88. The Morgan fingerprint density at radius 3 is 2.56 bits per heavy atom. The summed E-state index contributed by atoms with van der Waals surface area (Å²) in [6.45, 7) is 0. The normalized spacial score (nSPS) is 17.4. The predicted molar refractivity (Wildman–Crippen MR) is 75.4 cm³/mol. The van der Waals surface area contributed by atoms with E-state index < -0.39 is 0 Å². The molecule has 0 aliphatic carbocycles. The molecule has 0 amide bonds. The molecule has 0 aromatic heterocycles. The second kappa shape index (κ2) is 4.92. The molecule has 0 radical (unpaired) electrons. The Kier molecular flexibility index (Phi) is 2.97. The predicted octanol–water partition coefficient (Wildman–Crippen LogP) is 4.17. The third-order valence-corrected chi connectivity index (χ3v) is 2.93. The number of para-hydroxylation sites is 1. The molecule has 0 N–H and O–H groups in total. The molecule has 0 saturated carbocycles. The van der Waals surface area contributed by atoms with Gasteiger partial charge in [0.25, 0.3) is 0 Å². The smallest absolute Gasteiger partial charge is 0.136 e. The van der Waals surface area contributed by atoms with Gasteiger partial charge in [-0.1, -0.05) is 60.7 Å². The van der Waals surface area contributed by atoms with Gasteiger partial charge in [-0.15, -0.1) is 0 Å². The minimum absolute atomic E-state index is 0.0140. The summed E-state index contributed by atoms with van der Waals surface area (Å²) in [5.74, 6) is 0.947. The molecule has 18 heavy (non-hydrogen) atoms. The van der Waals surface area contributed by atoms with Gasteiger partial charge in [-0.25, -0.2) is 0 Å². The molecule has 1 heterocycles. The SMILES string of the molecule is C1=CC(/C=C/c2ccccc2)Oc2ccccc21. The van der Waals surface area contributed by atoms with E-state index in [0.29, 0.717) is 0 Å². The van der Waals surface area contributed by atoms with Crippen LogP contribution in [0.3, 0.4) is 0 Å². The van der Waals surface area contributed by atoms with Crippen molar-refractivity contribution in [1.82, 2.24) is 0 Å². The van der Waals surface area contributed by atoms with Crippen molar-refractivity contribution in [3.05, 3.63) is 77.9 Å². The molecule has 88 valence electrons. The largest absolute Gasteiger partial charge is 0.482 e. The molecule has 0 fully saturated rings. The van der Waals surface area contributed by atoms with Crippen LogP contribution in [0.1, 0.15) is 11.1 Å². The van der Waals surface area contributed by atoms with Crippen LogP contribution in [0.25, 0.3) is 12.2 Å². The van der Waals surface area contributed by atoms with Crippen LogP contribution in [0.2, 0.25) is 0 Å². The van der Waals surface area contributed by atoms with Gasteiger partial charge in [0.1, 0.15) is 11.9 Å². The fourth-order valence-electron chi connectivity index (χ4n) is 1.98. The van der Waals surface area contributed by atoms with Crippen molar-refractivity contribution in [3.8, 4) is 5.75 Å². The van der Waals surface area contributed by atoms with E-state index in [4.69, 9.17) is 4.74 Å². The lowest BCUT2D eigenvalue weighted by molar-refractivity contribution is 0.293. The summed E-state index contributed by atoms with van der Waals surface area (Å²) in [5, 5.41) is 0. The summed E-state index contributed by atoms with van der Waals surface area (Å²) in [6.07, 6.45) is 8.35. The van der Waals surface area contributed by atoms with Crippen LogP contribution in [-0.2, 0) is 0 Å². The maximum Gasteiger partial charge on any atom is 0.136 e. The van der Waals surface area contributed by atoms with Gasteiger partial charge in [0.2, 0.25) is 0 Å². The molecule has 1 aliphatic rings. The zero-order chi connectivity index (χ0) is 12.2. The van der Waals surface area contributed by atoms with E-state index in [-0.39, 0.29) is 6.10 Å². The zero-order valence-electron chi connectivity index (χ0n) is 9.99. The molecule has 1 atom stereocenters. The summed E-state index contributed by atoms with van der Waals surface area (Å²) >= 11 is 0. The lowest BCUT2D eigenvalue weighted by Crippen LogP contribution is -2.13. The second-order valence-corrected chi connectivity index (χ2v) is 4.25. The minimum atomic E-state index is 0.0140. The van der Waals surface area contributed by atoms with Crippen LogP contribution in [-0.4, -0.2) is 6.10 Å². The average Bonchev–Trinajstić information content (AvgIpc) is 2.46. The monoisotopic (exact) mass is 234 g/mol. The third-order valence-electron chi connectivity index (χ3n) is 2.93. The Morgan fingerprint density at radius 1 is 0.889 bits per heavy atom. The minimum Gasteiger partial charge on any atom is -0.482 e. The average molecular weight is 234 g/mol. The van der Waals surface area contributed by atoms with Crippen molar-refractivity contribution in [2.45, 2.75) is 6.10 Å². The van der Waals surface area contributed by atoms with Gasteiger partial charge in [0.15, 0.2) is 0 Å². The van der Waals surface area contributed by atoms with Gasteiger partial charge >= 0.3 is 0 Å². The standard InChI is InChI=1S/C17H14O/c1-2-6-14(7-3-1)10-12-16-13-11-15-8-4-5-9-17(15)18-16/h1-13,16H/b12-10+.